The highest BCUT2D eigenvalue weighted by molar-refractivity contribution is 9.10. The van der Waals surface area contributed by atoms with Gasteiger partial charge in [0.2, 0.25) is 0 Å². The number of rotatable bonds is 3. The van der Waals surface area contributed by atoms with E-state index in [9.17, 15) is 22.4 Å². The van der Waals surface area contributed by atoms with Crippen LogP contribution in [0, 0.1) is 5.82 Å². The summed E-state index contributed by atoms with van der Waals surface area (Å²) in [4.78, 5) is 29.5. The zero-order valence-corrected chi connectivity index (χ0v) is 19.7. The summed E-state index contributed by atoms with van der Waals surface area (Å²) >= 11 is 4.32. The van der Waals surface area contributed by atoms with Gasteiger partial charge in [-0.2, -0.15) is 4.99 Å². The summed E-state index contributed by atoms with van der Waals surface area (Å²) in [5, 5.41) is 2.18. The molecular weight excluding hydrogens is 501 g/mol. The van der Waals surface area contributed by atoms with E-state index in [1.165, 1.54) is 17.0 Å². The largest absolute Gasteiger partial charge is 0.444 e. The fourth-order valence-corrected chi connectivity index (χ4v) is 7.39. The quantitative estimate of drug-likeness (QED) is 0.651. The molecule has 0 unspecified atom stereocenters. The van der Waals surface area contributed by atoms with Gasteiger partial charge in [-0.1, -0.05) is 27.7 Å². The van der Waals surface area contributed by atoms with Gasteiger partial charge in [-0.3, -0.25) is 4.79 Å². The number of hydrogen-bond donors (Lipinski definition) is 1. The third-order valence-corrected chi connectivity index (χ3v) is 7.94. The van der Waals surface area contributed by atoms with Crippen LogP contribution in [0.25, 0.3) is 0 Å². The molecule has 2 amide bonds. The summed E-state index contributed by atoms with van der Waals surface area (Å²) in [5.74, 6) is -1.44. The third kappa shape index (κ3) is 5.52. The van der Waals surface area contributed by atoms with Crippen molar-refractivity contribution in [2.75, 3.05) is 23.0 Å². The van der Waals surface area contributed by atoms with Gasteiger partial charge in [0.05, 0.1) is 23.2 Å². The zero-order chi connectivity index (χ0) is 22.3. The number of nitrogens with zero attached hydrogens (tertiary/aromatic N) is 2. The van der Waals surface area contributed by atoms with Gasteiger partial charge < -0.3 is 15.0 Å². The predicted octanol–water partition coefficient (Wildman–Crippen LogP) is 2.71. The summed E-state index contributed by atoms with van der Waals surface area (Å²) in [5.41, 5.74) is -0.568. The van der Waals surface area contributed by atoms with Gasteiger partial charge in [0, 0.05) is 9.72 Å². The van der Waals surface area contributed by atoms with Crippen molar-refractivity contribution in [1.29, 1.82) is 0 Å². The summed E-state index contributed by atoms with van der Waals surface area (Å²) in [6.45, 7) is 4.69. The number of ether oxygens (including phenoxy) is 1. The average Bonchev–Trinajstić information content (AvgIpc) is 3.03. The van der Waals surface area contributed by atoms with Crippen molar-refractivity contribution in [3.63, 3.8) is 0 Å². The van der Waals surface area contributed by atoms with Gasteiger partial charge in [-0.05, 0) is 39.0 Å². The second-order valence-electron chi connectivity index (χ2n) is 7.91. The van der Waals surface area contributed by atoms with Crippen molar-refractivity contribution >= 4 is 60.4 Å². The molecule has 1 N–H and O–H groups in total. The highest BCUT2D eigenvalue weighted by Gasteiger charge is 2.50. The minimum absolute atomic E-state index is 0.0691. The Hall–Kier alpha value is -1.66. The molecule has 0 aliphatic carbocycles. The molecule has 2 aliphatic heterocycles. The lowest BCUT2D eigenvalue weighted by atomic mass is 10.2. The fraction of sp³-hybridized carbons (Fsp3) is 0.500. The number of fused-ring (bicyclic) bond motifs is 1. The SMILES string of the molecule is CC(C)(C)OC(=O)NCC(=O)N=C1S[C@@H]2CS(=O)(=O)C[C@@H]2N1c1ccc(Br)cc1F. The lowest BCUT2D eigenvalue weighted by Crippen LogP contribution is -2.39. The minimum Gasteiger partial charge on any atom is -0.444 e. The van der Waals surface area contributed by atoms with Crippen LogP contribution in [0.5, 0.6) is 0 Å². The number of anilines is 1. The predicted molar refractivity (Wildman–Crippen MR) is 117 cm³/mol. The summed E-state index contributed by atoms with van der Waals surface area (Å²) in [6, 6.07) is 3.87. The van der Waals surface area contributed by atoms with Crippen LogP contribution in [0.1, 0.15) is 20.8 Å². The maximum Gasteiger partial charge on any atom is 0.408 e. The summed E-state index contributed by atoms with van der Waals surface area (Å²) in [7, 11) is -3.27. The molecule has 1 aromatic carbocycles. The molecule has 2 heterocycles. The van der Waals surface area contributed by atoms with Crippen LogP contribution in [0.15, 0.2) is 27.7 Å². The van der Waals surface area contributed by atoms with Crippen LogP contribution >= 0.6 is 27.7 Å². The zero-order valence-electron chi connectivity index (χ0n) is 16.5. The van der Waals surface area contributed by atoms with Gasteiger partial charge in [0.25, 0.3) is 5.91 Å². The number of amides is 2. The van der Waals surface area contributed by atoms with Crippen LogP contribution in [0.4, 0.5) is 14.9 Å². The van der Waals surface area contributed by atoms with Gasteiger partial charge in [-0.25, -0.2) is 17.6 Å². The Kier molecular flexibility index (Phi) is 6.49. The van der Waals surface area contributed by atoms with Crippen molar-refractivity contribution in [3.05, 3.63) is 28.5 Å². The Labute approximate surface area is 186 Å². The monoisotopic (exact) mass is 521 g/mol. The summed E-state index contributed by atoms with van der Waals surface area (Å²) < 4.78 is 44.4. The van der Waals surface area contributed by atoms with Crippen molar-refractivity contribution < 1.29 is 27.1 Å². The maximum atomic E-state index is 14.6. The van der Waals surface area contributed by atoms with Crippen LogP contribution in [-0.2, 0) is 19.4 Å². The molecule has 3 rings (SSSR count). The maximum absolute atomic E-state index is 14.6. The molecule has 0 radical (unpaired) electrons. The number of alkyl carbamates (subject to hydrolysis) is 1. The van der Waals surface area contributed by atoms with E-state index in [2.05, 4.69) is 26.2 Å². The molecule has 2 aliphatic rings. The lowest BCUT2D eigenvalue weighted by Gasteiger charge is -2.25. The van der Waals surface area contributed by atoms with Crippen molar-refractivity contribution in [3.8, 4) is 0 Å². The molecule has 0 bridgehead atoms. The molecule has 30 heavy (non-hydrogen) atoms. The van der Waals surface area contributed by atoms with Crippen molar-refractivity contribution in [1.82, 2.24) is 5.32 Å². The van der Waals surface area contributed by atoms with Gasteiger partial charge in [0.15, 0.2) is 15.0 Å². The van der Waals surface area contributed by atoms with E-state index in [1.54, 1.807) is 26.8 Å². The first-order chi connectivity index (χ1) is 13.8. The number of sulfone groups is 1. The van der Waals surface area contributed by atoms with Crippen LogP contribution < -0.4 is 10.2 Å². The van der Waals surface area contributed by atoms with Crippen LogP contribution in [-0.4, -0.2) is 60.5 Å². The highest BCUT2D eigenvalue weighted by atomic mass is 79.9. The molecule has 1 aromatic rings. The van der Waals surface area contributed by atoms with Crippen molar-refractivity contribution in [2.24, 2.45) is 4.99 Å². The number of amidine groups is 1. The van der Waals surface area contributed by atoms with E-state index < -0.39 is 45.8 Å². The Morgan fingerprint density at radius 2 is 2.07 bits per heavy atom. The molecule has 0 spiro atoms. The average molecular weight is 522 g/mol. The van der Waals surface area contributed by atoms with Crippen LogP contribution in [0.2, 0.25) is 0 Å². The molecule has 2 atom stereocenters. The highest BCUT2D eigenvalue weighted by Crippen LogP contribution is 2.42. The van der Waals surface area contributed by atoms with E-state index in [0.717, 1.165) is 11.8 Å². The molecular formula is C18H21BrFN3O5S2. The first-order valence-electron chi connectivity index (χ1n) is 9.04. The lowest BCUT2D eigenvalue weighted by molar-refractivity contribution is -0.117. The molecule has 2 fully saturated rings. The molecule has 0 saturated carbocycles. The van der Waals surface area contributed by atoms with Gasteiger partial charge in [0.1, 0.15) is 18.0 Å². The first kappa shape index (κ1) is 23.0. The standard InChI is InChI=1S/C18H21BrFN3O5S2/c1-18(2,3)28-17(25)21-7-15(24)22-16-23(12-5-4-10(19)6-11(12)20)13-8-30(26,27)9-14(13)29-16/h4-6,13-14H,7-9H2,1-3H3,(H,21,25)/t13-,14+/m0/s1. The van der Waals surface area contributed by atoms with E-state index in [4.69, 9.17) is 4.74 Å². The Balaban J connectivity index is 1.82. The van der Waals surface area contributed by atoms with Crippen molar-refractivity contribution in [2.45, 2.75) is 37.7 Å². The Morgan fingerprint density at radius 1 is 1.37 bits per heavy atom. The van der Waals surface area contributed by atoms with E-state index in [1.807, 2.05) is 0 Å². The third-order valence-electron chi connectivity index (χ3n) is 4.24. The topological polar surface area (TPSA) is 105 Å². The Bertz CT molecular complexity index is 1010. The second kappa shape index (κ2) is 8.46. The molecule has 0 aromatic heterocycles. The number of benzene rings is 1. The number of hydrogen-bond acceptors (Lipinski definition) is 6. The first-order valence-corrected chi connectivity index (χ1v) is 12.5. The van der Waals surface area contributed by atoms with Gasteiger partial charge >= 0.3 is 6.09 Å². The smallest absolute Gasteiger partial charge is 0.408 e. The number of carbonyl (C=O) groups excluding carboxylic acids is 2. The minimum atomic E-state index is -3.27. The number of halogens is 2. The van der Waals surface area contributed by atoms with Gasteiger partial charge in [-0.15, -0.1) is 0 Å². The number of aliphatic imine (C=N–C) groups is 1. The second-order valence-corrected chi connectivity index (χ2v) is 12.2. The van der Waals surface area contributed by atoms with E-state index in [-0.39, 0.29) is 27.6 Å². The van der Waals surface area contributed by atoms with E-state index >= 15 is 0 Å². The Morgan fingerprint density at radius 3 is 2.70 bits per heavy atom. The van der Waals surface area contributed by atoms with E-state index in [0.29, 0.717) is 4.47 Å². The molecule has 8 nitrogen and oxygen atoms in total. The number of carbonyl (C=O) groups is 2. The number of nitrogens with one attached hydrogen (secondary N) is 1. The molecule has 12 heteroatoms. The number of thioether (sulfide) groups is 1. The van der Waals surface area contributed by atoms with Crippen LogP contribution in [0.3, 0.4) is 0 Å². The molecule has 2 saturated heterocycles. The molecule has 164 valence electrons. The fourth-order valence-electron chi connectivity index (χ4n) is 3.13. The normalized spacial score (nSPS) is 24.0. The summed E-state index contributed by atoms with van der Waals surface area (Å²) in [6.07, 6.45) is -0.756.